The molecule has 1 saturated heterocycles. The lowest BCUT2D eigenvalue weighted by molar-refractivity contribution is 0.0807. The second-order valence-electron chi connectivity index (χ2n) is 7.10. The van der Waals surface area contributed by atoms with Gasteiger partial charge in [0.1, 0.15) is 12.4 Å². The minimum absolute atomic E-state index is 0.223. The molecule has 1 aliphatic rings. The van der Waals surface area contributed by atoms with Gasteiger partial charge in [-0.15, -0.1) is 11.3 Å². The van der Waals surface area contributed by atoms with Crippen molar-refractivity contribution in [3.63, 3.8) is 0 Å². The summed E-state index contributed by atoms with van der Waals surface area (Å²) < 4.78 is 11.3. The van der Waals surface area contributed by atoms with E-state index >= 15 is 0 Å². The molecule has 1 fully saturated rings. The number of hydrogen-bond donors (Lipinski definition) is 0. The monoisotopic (exact) mass is 396 g/mol. The molecule has 0 N–H and O–H groups in total. The van der Waals surface area contributed by atoms with Crippen molar-refractivity contribution in [1.82, 2.24) is 9.88 Å². The fourth-order valence-corrected chi connectivity index (χ4v) is 4.05. The van der Waals surface area contributed by atoms with Gasteiger partial charge in [0.05, 0.1) is 17.0 Å². The van der Waals surface area contributed by atoms with E-state index in [2.05, 4.69) is 29.2 Å². The van der Waals surface area contributed by atoms with Gasteiger partial charge in [-0.05, 0) is 48.1 Å². The first-order chi connectivity index (χ1) is 13.8. The van der Waals surface area contributed by atoms with Gasteiger partial charge in [-0.1, -0.05) is 30.3 Å². The van der Waals surface area contributed by atoms with E-state index in [0.717, 1.165) is 43.0 Å². The molecule has 1 aromatic heterocycles. The topological polar surface area (TPSA) is 51.7 Å². The highest BCUT2D eigenvalue weighted by atomic mass is 32.1. The molecule has 0 bridgehead atoms. The van der Waals surface area contributed by atoms with Gasteiger partial charge in [-0.2, -0.15) is 0 Å². The molecule has 3 aromatic rings. The minimum Gasteiger partial charge on any atom is -0.494 e. The summed E-state index contributed by atoms with van der Waals surface area (Å²) in [5.41, 5.74) is 1.74. The summed E-state index contributed by atoms with van der Waals surface area (Å²) in [7, 11) is 0. The number of ether oxygens (including phenoxy) is 2. The summed E-state index contributed by atoms with van der Waals surface area (Å²) in [5.74, 6) is 1.51. The van der Waals surface area contributed by atoms with Crippen LogP contribution < -0.4 is 4.74 Å². The van der Waals surface area contributed by atoms with Crippen molar-refractivity contribution in [2.75, 3.05) is 19.7 Å². The molecule has 0 aliphatic carbocycles. The van der Waals surface area contributed by atoms with Crippen molar-refractivity contribution in [2.24, 2.45) is 5.92 Å². The Hall–Kier alpha value is -2.60. The SMILES string of the molecule is O=C(OCc1cncs1)N1CCC(CCOc2ccc3ccccc3c2)CC1. The van der Waals surface area contributed by atoms with Gasteiger partial charge in [0.25, 0.3) is 0 Å². The van der Waals surface area contributed by atoms with Crippen molar-refractivity contribution in [3.8, 4) is 5.75 Å². The number of amides is 1. The van der Waals surface area contributed by atoms with E-state index < -0.39 is 0 Å². The molecule has 6 heteroatoms. The van der Waals surface area contributed by atoms with Crippen LogP contribution in [0, 0.1) is 5.92 Å². The number of fused-ring (bicyclic) bond motifs is 1. The first-order valence-corrected chi connectivity index (χ1v) is 10.6. The Labute approximate surface area is 168 Å². The van der Waals surface area contributed by atoms with Crippen molar-refractivity contribution in [1.29, 1.82) is 0 Å². The van der Waals surface area contributed by atoms with E-state index in [4.69, 9.17) is 9.47 Å². The maximum absolute atomic E-state index is 12.2. The molecule has 1 aliphatic heterocycles. The Balaban J connectivity index is 1.17. The van der Waals surface area contributed by atoms with Crippen molar-refractivity contribution < 1.29 is 14.3 Å². The molecule has 4 rings (SSSR count). The van der Waals surface area contributed by atoms with E-state index in [1.807, 2.05) is 23.1 Å². The Morgan fingerprint density at radius 1 is 1.14 bits per heavy atom. The van der Waals surface area contributed by atoms with Gasteiger partial charge in [-0.25, -0.2) is 4.79 Å². The van der Waals surface area contributed by atoms with Gasteiger partial charge in [-0.3, -0.25) is 4.98 Å². The fraction of sp³-hybridized carbons (Fsp3) is 0.364. The largest absolute Gasteiger partial charge is 0.494 e. The quantitative estimate of drug-likeness (QED) is 0.581. The number of aromatic nitrogens is 1. The van der Waals surface area contributed by atoms with Gasteiger partial charge >= 0.3 is 6.09 Å². The lowest BCUT2D eigenvalue weighted by Gasteiger charge is -2.31. The maximum atomic E-state index is 12.2. The van der Waals surface area contributed by atoms with E-state index in [9.17, 15) is 4.79 Å². The van der Waals surface area contributed by atoms with Crippen LogP contribution in [0.5, 0.6) is 5.75 Å². The standard InChI is InChI=1S/C22H24N2O3S/c25-22(27-15-21-14-23-16-28-21)24-10-7-17(8-11-24)9-12-26-20-6-5-18-3-1-2-4-19(18)13-20/h1-6,13-14,16-17H,7-12,15H2. The van der Waals surface area contributed by atoms with E-state index in [0.29, 0.717) is 19.1 Å². The Kier molecular flexibility index (Phi) is 6.07. The number of rotatable bonds is 6. The van der Waals surface area contributed by atoms with Crippen LogP contribution in [0.2, 0.25) is 0 Å². The smallest absolute Gasteiger partial charge is 0.410 e. The number of carbonyl (C=O) groups excluding carboxylic acids is 1. The molecule has 5 nitrogen and oxygen atoms in total. The third kappa shape index (κ3) is 4.81. The molecular formula is C22H24N2O3S. The Bertz CT molecular complexity index is 905. The summed E-state index contributed by atoms with van der Waals surface area (Å²) in [4.78, 5) is 18.9. The summed E-state index contributed by atoms with van der Waals surface area (Å²) in [6, 6.07) is 14.5. The molecule has 0 atom stereocenters. The second kappa shape index (κ2) is 9.06. The number of likely N-dealkylation sites (tertiary alicyclic amines) is 1. The van der Waals surface area contributed by atoms with Crippen LogP contribution in [0.1, 0.15) is 24.1 Å². The van der Waals surface area contributed by atoms with Crippen LogP contribution in [0.25, 0.3) is 10.8 Å². The molecule has 28 heavy (non-hydrogen) atoms. The number of benzene rings is 2. The summed E-state index contributed by atoms with van der Waals surface area (Å²) in [6.07, 6.45) is 4.52. The summed E-state index contributed by atoms with van der Waals surface area (Å²) in [6.45, 7) is 2.52. The molecule has 0 saturated carbocycles. The van der Waals surface area contributed by atoms with Crippen LogP contribution in [0.3, 0.4) is 0 Å². The minimum atomic E-state index is -0.223. The van der Waals surface area contributed by atoms with Crippen molar-refractivity contribution >= 4 is 28.2 Å². The van der Waals surface area contributed by atoms with Gasteiger partial charge in [0.15, 0.2) is 0 Å². The van der Waals surface area contributed by atoms with Crippen molar-refractivity contribution in [3.05, 3.63) is 59.0 Å². The first-order valence-electron chi connectivity index (χ1n) is 9.68. The third-order valence-electron chi connectivity index (χ3n) is 5.21. The molecule has 0 spiro atoms. The molecule has 0 radical (unpaired) electrons. The van der Waals surface area contributed by atoms with Gasteiger partial charge in [0.2, 0.25) is 0 Å². The number of piperidine rings is 1. The highest BCUT2D eigenvalue weighted by Crippen LogP contribution is 2.24. The highest BCUT2D eigenvalue weighted by molar-refractivity contribution is 7.09. The Morgan fingerprint density at radius 3 is 2.75 bits per heavy atom. The zero-order chi connectivity index (χ0) is 19.2. The predicted octanol–water partition coefficient (Wildman–Crippen LogP) is 5.11. The van der Waals surface area contributed by atoms with E-state index in [1.54, 1.807) is 11.7 Å². The van der Waals surface area contributed by atoms with Crippen LogP contribution in [-0.4, -0.2) is 35.7 Å². The van der Waals surface area contributed by atoms with Gasteiger partial charge in [0, 0.05) is 19.3 Å². The molecule has 2 aromatic carbocycles. The molecule has 0 unspecified atom stereocenters. The van der Waals surface area contributed by atoms with E-state index in [1.165, 1.54) is 22.1 Å². The molecular weight excluding hydrogens is 372 g/mol. The third-order valence-corrected chi connectivity index (χ3v) is 5.96. The average Bonchev–Trinajstić information content (AvgIpc) is 3.26. The van der Waals surface area contributed by atoms with Crippen LogP contribution in [0.4, 0.5) is 4.79 Å². The molecule has 2 heterocycles. The van der Waals surface area contributed by atoms with Crippen LogP contribution in [0.15, 0.2) is 54.2 Å². The zero-order valence-electron chi connectivity index (χ0n) is 15.8. The lowest BCUT2D eigenvalue weighted by atomic mass is 9.94. The molecule has 146 valence electrons. The van der Waals surface area contributed by atoms with Crippen molar-refractivity contribution in [2.45, 2.75) is 25.9 Å². The van der Waals surface area contributed by atoms with Crippen LogP contribution >= 0.6 is 11.3 Å². The number of thiazole rings is 1. The Morgan fingerprint density at radius 2 is 1.96 bits per heavy atom. The second-order valence-corrected chi connectivity index (χ2v) is 8.07. The maximum Gasteiger partial charge on any atom is 0.410 e. The number of nitrogens with zero attached hydrogens (tertiary/aromatic N) is 2. The van der Waals surface area contributed by atoms with Gasteiger partial charge < -0.3 is 14.4 Å². The molecule has 1 amide bonds. The average molecular weight is 397 g/mol. The van der Waals surface area contributed by atoms with Crippen LogP contribution in [-0.2, 0) is 11.3 Å². The zero-order valence-corrected chi connectivity index (χ0v) is 16.6. The summed E-state index contributed by atoms with van der Waals surface area (Å²) in [5, 5.41) is 2.43. The first kappa shape index (κ1) is 18.7. The normalized spacial score (nSPS) is 14.9. The highest BCUT2D eigenvalue weighted by Gasteiger charge is 2.23. The lowest BCUT2D eigenvalue weighted by Crippen LogP contribution is -2.39. The number of carbonyl (C=O) groups is 1. The predicted molar refractivity (Wildman–Crippen MR) is 111 cm³/mol. The van der Waals surface area contributed by atoms with E-state index in [-0.39, 0.29) is 6.09 Å². The fourth-order valence-electron chi connectivity index (χ4n) is 3.54. The number of hydrogen-bond acceptors (Lipinski definition) is 5. The summed E-state index contributed by atoms with van der Waals surface area (Å²) >= 11 is 1.50.